The van der Waals surface area contributed by atoms with Gasteiger partial charge in [0.05, 0.1) is 39.5 Å². The molecule has 350 valence electrons. The van der Waals surface area contributed by atoms with E-state index in [2.05, 4.69) is 234 Å². The van der Waals surface area contributed by atoms with Crippen molar-refractivity contribution >= 4 is 60.8 Å². The lowest BCUT2D eigenvalue weighted by atomic mass is 9.97. The first kappa shape index (κ1) is 42.4. The van der Waals surface area contributed by atoms with Crippen LogP contribution in [0.25, 0.3) is 128 Å². The van der Waals surface area contributed by atoms with Gasteiger partial charge in [-0.15, -0.1) is 0 Å². The monoisotopic (exact) mass is 958 g/mol. The molecule has 7 heteroatoms. The summed E-state index contributed by atoms with van der Waals surface area (Å²) >= 11 is 0. The number of para-hydroxylation sites is 5. The third-order valence-corrected chi connectivity index (χ3v) is 14.6. The van der Waals surface area contributed by atoms with Crippen molar-refractivity contribution in [2.24, 2.45) is 0 Å². The average Bonchev–Trinajstić information content (AvgIpc) is 4.02. The van der Waals surface area contributed by atoms with E-state index in [1.165, 1.54) is 16.3 Å². The maximum atomic E-state index is 6.64. The van der Waals surface area contributed by atoms with E-state index >= 15 is 0 Å². The van der Waals surface area contributed by atoms with E-state index in [4.69, 9.17) is 24.4 Å². The van der Waals surface area contributed by atoms with Gasteiger partial charge in [0.25, 0.3) is 0 Å². The number of hydrogen-bond acceptors (Lipinski definition) is 6. The first-order valence-corrected chi connectivity index (χ1v) is 25.2. The predicted octanol–water partition coefficient (Wildman–Crippen LogP) is 17.7. The van der Waals surface area contributed by atoms with Crippen molar-refractivity contribution in [3.05, 3.63) is 255 Å². The van der Waals surface area contributed by atoms with E-state index in [-0.39, 0.29) is 0 Å². The van der Waals surface area contributed by atoms with Gasteiger partial charge in [0.15, 0.2) is 11.6 Å². The highest BCUT2D eigenvalue weighted by atomic mass is 16.3. The molecule has 0 spiro atoms. The van der Waals surface area contributed by atoms with Gasteiger partial charge in [-0.1, -0.05) is 212 Å². The summed E-state index contributed by atoms with van der Waals surface area (Å²) in [5.41, 5.74) is 16.4. The Bertz CT molecular complexity index is 4540. The van der Waals surface area contributed by atoms with E-state index in [0.29, 0.717) is 11.6 Å². The third kappa shape index (κ3) is 6.97. The summed E-state index contributed by atoms with van der Waals surface area (Å²) in [6, 6.07) is 89.1. The fraction of sp³-hybridized carbons (Fsp3) is 0. The molecule has 0 amide bonds. The van der Waals surface area contributed by atoms with Gasteiger partial charge in [-0.3, -0.25) is 9.47 Å². The highest BCUT2D eigenvalue weighted by Crippen LogP contribution is 2.54. The lowest BCUT2D eigenvalue weighted by Gasteiger charge is -2.27. The van der Waals surface area contributed by atoms with Crippen molar-refractivity contribution in [2.75, 3.05) is 4.90 Å². The molecule has 1 aliphatic heterocycles. The molecule has 0 N–H and O–H groups in total. The van der Waals surface area contributed by atoms with Gasteiger partial charge >= 0.3 is 0 Å². The summed E-state index contributed by atoms with van der Waals surface area (Å²) in [6.45, 7) is 0. The van der Waals surface area contributed by atoms with Gasteiger partial charge in [0.1, 0.15) is 22.8 Å². The van der Waals surface area contributed by atoms with Crippen LogP contribution in [0.15, 0.2) is 259 Å². The highest BCUT2D eigenvalue weighted by molar-refractivity contribution is 6.13. The number of nitrogens with zero attached hydrogens (tertiary/aromatic N) is 6. The van der Waals surface area contributed by atoms with Crippen LogP contribution in [0.3, 0.4) is 0 Å². The molecule has 75 heavy (non-hydrogen) atoms. The summed E-state index contributed by atoms with van der Waals surface area (Å²) in [4.78, 5) is 24.1. The van der Waals surface area contributed by atoms with Crippen molar-refractivity contribution in [2.45, 2.75) is 0 Å². The Balaban J connectivity index is 0.961. The van der Waals surface area contributed by atoms with Crippen molar-refractivity contribution in [3.63, 3.8) is 0 Å². The van der Waals surface area contributed by atoms with Crippen LogP contribution in [0.4, 0.5) is 17.2 Å². The van der Waals surface area contributed by atoms with Crippen molar-refractivity contribution in [1.29, 1.82) is 0 Å². The predicted molar refractivity (Wildman–Crippen MR) is 306 cm³/mol. The molecular weight excluding hydrogens is 917 g/mol. The Labute approximate surface area is 432 Å². The van der Waals surface area contributed by atoms with Crippen molar-refractivity contribution in [3.8, 4) is 84.6 Å². The fourth-order valence-corrected chi connectivity index (χ4v) is 11.2. The number of benzene rings is 10. The molecule has 0 fully saturated rings. The lowest BCUT2D eigenvalue weighted by molar-refractivity contribution is 0.669. The zero-order valence-electron chi connectivity index (χ0n) is 40.3. The van der Waals surface area contributed by atoms with Gasteiger partial charge in [0.2, 0.25) is 0 Å². The Morgan fingerprint density at radius 3 is 1.65 bits per heavy atom. The second-order valence-electron chi connectivity index (χ2n) is 18.9. The number of hydrogen-bond donors (Lipinski definition) is 0. The van der Waals surface area contributed by atoms with Gasteiger partial charge in [-0.05, 0) is 52.2 Å². The zero-order valence-corrected chi connectivity index (χ0v) is 40.3. The van der Waals surface area contributed by atoms with Gasteiger partial charge in [-0.25, -0.2) is 19.9 Å². The highest BCUT2D eigenvalue weighted by Gasteiger charge is 2.33. The standard InChI is InChI=1S/C68H42N6O/c1-3-20-45(21-4-1)56-41-62(71-67(69-56)47-39-37-44(38-40-47)49-30-17-24-43-19-7-8-25-48(43)49)73-58-33-13-9-27-52(58)64-53-28-10-14-34-59(53)74(65(64)54-29-11-15-35-60(54)73)63-42-57(46-22-5-2-6-23-46)70-68(72-63)55-32-18-31-51-50-26-12-16-36-61(50)75-66(51)55/h1-42H. The molecule has 5 heterocycles. The topological polar surface area (TPSA) is 72.9 Å². The third-order valence-electron chi connectivity index (χ3n) is 14.6. The maximum Gasteiger partial charge on any atom is 0.165 e. The van der Waals surface area contributed by atoms with E-state index in [0.717, 1.165) is 117 Å². The molecule has 15 rings (SSSR count). The summed E-state index contributed by atoms with van der Waals surface area (Å²) in [5, 5.41) is 5.59. The Morgan fingerprint density at radius 2 is 0.867 bits per heavy atom. The molecule has 0 aliphatic carbocycles. The SMILES string of the molecule is c1ccc(-c2cc(N3c4ccccc4-c4c(n(-c5cc(-c6ccccc6)nc(-c6cccc7c6oc6ccccc67)n5)c5ccccc45)-c4ccccc43)nc(-c3ccc(-c4cccc5ccccc45)cc3)n2)cc1. The Hall–Kier alpha value is -10.2. The van der Waals surface area contributed by atoms with Crippen LogP contribution in [0.2, 0.25) is 0 Å². The summed E-state index contributed by atoms with van der Waals surface area (Å²) in [7, 11) is 0. The number of aromatic nitrogens is 5. The number of rotatable bonds is 7. The average molecular weight is 959 g/mol. The van der Waals surface area contributed by atoms with Gasteiger partial charge in [0, 0.05) is 61.7 Å². The Kier molecular flexibility index (Phi) is 9.75. The number of anilines is 3. The molecule has 0 saturated carbocycles. The fourth-order valence-electron chi connectivity index (χ4n) is 11.2. The van der Waals surface area contributed by atoms with E-state index < -0.39 is 0 Å². The minimum atomic E-state index is 0.568. The van der Waals surface area contributed by atoms with Gasteiger partial charge in [-0.2, -0.15) is 0 Å². The molecule has 0 bridgehead atoms. The van der Waals surface area contributed by atoms with Crippen LogP contribution in [0.5, 0.6) is 0 Å². The van der Waals surface area contributed by atoms with Crippen molar-refractivity contribution in [1.82, 2.24) is 24.5 Å². The second kappa shape index (κ2) is 17.2. The Morgan fingerprint density at radius 1 is 0.333 bits per heavy atom. The van der Waals surface area contributed by atoms with Crippen LogP contribution in [-0.4, -0.2) is 24.5 Å². The summed E-state index contributed by atoms with van der Waals surface area (Å²) < 4.78 is 8.97. The first-order valence-electron chi connectivity index (χ1n) is 25.2. The summed E-state index contributed by atoms with van der Waals surface area (Å²) in [6.07, 6.45) is 0. The molecule has 7 nitrogen and oxygen atoms in total. The smallest absolute Gasteiger partial charge is 0.165 e. The quantitative estimate of drug-likeness (QED) is 0.158. The number of furan rings is 1. The molecule has 0 unspecified atom stereocenters. The van der Waals surface area contributed by atoms with Crippen molar-refractivity contribution < 1.29 is 4.42 Å². The minimum absolute atomic E-state index is 0.568. The molecule has 14 aromatic rings. The van der Waals surface area contributed by atoms with Crippen LogP contribution in [0, 0.1) is 0 Å². The molecule has 0 saturated heterocycles. The second-order valence-corrected chi connectivity index (χ2v) is 18.9. The molecule has 4 aromatic heterocycles. The first-order chi connectivity index (χ1) is 37.2. The van der Waals surface area contributed by atoms with Crippen LogP contribution >= 0.6 is 0 Å². The largest absolute Gasteiger partial charge is 0.455 e. The van der Waals surface area contributed by atoms with E-state index in [1.807, 2.05) is 30.3 Å². The molecular formula is C68H42N6O. The normalized spacial score (nSPS) is 12.0. The lowest BCUT2D eigenvalue weighted by Crippen LogP contribution is -2.14. The van der Waals surface area contributed by atoms with E-state index in [9.17, 15) is 0 Å². The summed E-state index contributed by atoms with van der Waals surface area (Å²) in [5.74, 6) is 2.67. The molecule has 0 radical (unpaired) electrons. The molecule has 1 aliphatic rings. The zero-order chi connectivity index (χ0) is 49.4. The minimum Gasteiger partial charge on any atom is -0.455 e. The number of fused-ring (bicyclic) bond motifs is 11. The van der Waals surface area contributed by atoms with Crippen LogP contribution in [0.1, 0.15) is 0 Å². The van der Waals surface area contributed by atoms with Crippen LogP contribution in [-0.2, 0) is 0 Å². The molecule has 10 aromatic carbocycles. The maximum absolute atomic E-state index is 6.64. The van der Waals surface area contributed by atoms with Gasteiger partial charge < -0.3 is 4.42 Å². The molecule has 0 atom stereocenters. The van der Waals surface area contributed by atoms with E-state index in [1.54, 1.807) is 0 Å². The van der Waals surface area contributed by atoms with Crippen LogP contribution < -0.4 is 4.90 Å².